The van der Waals surface area contributed by atoms with Gasteiger partial charge in [0, 0.05) is 18.1 Å². The van der Waals surface area contributed by atoms with Crippen molar-refractivity contribution in [2.75, 3.05) is 5.32 Å². The van der Waals surface area contributed by atoms with E-state index in [-0.39, 0.29) is 6.04 Å². The van der Waals surface area contributed by atoms with Crippen LogP contribution in [-0.2, 0) is 0 Å². The molecular weight excluding hydrogens is 224 g/mol. The number of aryl methyl sites for hydroxylation is 1. The summed E-state index contributed by atoms with van der Waals surface area (Å²) in [5, 5.41) is 12.2. The fourth-order valence-electron chi connectivity index (χ4n) is 1.74. The van der Waals surface area contributed by atoms with E-state index in [9.17, 15) is 0 Å². The summed E-state index contributed by atoms with van der Waals surface area (Å²) in [6.07, 6.45) is 3.56. The number of nitrogens with one attached hydrogen (secondary N) is 1. The molecule has 1 unspecified atom stereocenters. The number of pyridine rings is 2. The minimum absolute atomic E-state index is 0.0968. The first-order chi connectivity index (χ1) is 8.69. The smallest absolute Gasteiger partial charge is 0.127 e. The van der Waals surface area contributed by atoms with Gasteiger partial charge < -0.3 is 5.32 Å². The highest BCUT2D eigenvalue weighted by molar-refractivity contribution is 5.45. The van der Waals surface area contributed by atoms with E-state index in [1.165, 1.54) is 0 Å². The first-order valence-electron chi connectivity index (χ1n) is 5.74. The van der Waals surface area contributed by atoms with E-state index >= 15 is 0 Å². The lowest BCUT2D eigenvalue weighted by atomic mass is 10.1. The first-order valence-corrected chi connectivity index (χ1v) is 5.74. The van der Waals surface area contributed by atoms with Crippen LogP contribution in [0.1, 0.15) is 29.8 Å². The summed E-state index contributed by atoms with van der Waals surface area (Å²) in [7, 11) is 0. The predicted molar refractivity (Wildman–Crippen MR) is 70.0 cm³/mol. The second-order valence-corrected chi connectivity index (χ2v) is 4.15. The fraction of sp³-hybridized carbons (Fsp3) is 0.214. The SMILES string of the molecule is Cc1cc(C#N)cc(NC(C)c2cccnc2)n1. The van der Waals surface area contributed by atoms with Gasteiger partial charge >= 0.3 is 0 Å². The molecule has 0 spiro atoms. The maximum atomic E-state index is 8.92. The molecule has 0 aromatic carbocycles. The van der Waals surface area contributed by atoms with Crippen LogP contribution >= 0.6 is 0 Å². The van der Waals surface area contributed by atoms with Crippen molar-refractivity contribution in [3.05, 3.63) is 53.5 Å². The van der Waals surface area contributed by atoms with Crippen molar-refractivity contribution in [1.82, 2.24) is 9.97 Å². The van der Waals surface area contributed by atoms with Crippen LogP contribution in [0.15, 0.2) is 36.7 Å². The van der Waals surface area contributed by atoms with E-state index in [2.05, 4.69) is 21.4 Å². The Morgan fingerprint density at radius 3 is 2.89 bits per heavy atom. The summed E-state index contributed by atoms with van der Waals surface area (Å²) in [6.45, 7) is 3.91. The molecule has 2 heterocycles. The molecule has 18 heavy (non-hydrogen) atoms. The van der Waals surface area contributed by atoms with Crippen molar-refractivity contribution in [1.29, 1.82) is 5.26 Å². The van der Waals surface area contributed by atoms with Crippen LogP contribution in [0.2, 0.25) is 0 Å². The molecule has 0 saturated heterocycles. The molecule has 1 N–H and O–H groups in total. The lowest BCUT2D eigenvalue weighted by Gasteiger charge is -2.15. The van der Waals surface area contributed by atoms with Crippen molar-refractivity contribution in [3.63, 3.8) is 0 Å². The Labute approximate surface area is 106 Å². The van der Waals surface area contributed by atoms with Crippen LogP contribution < -0.4 is 5.32 Å². The standard InChI is InChI=1S/C14H14N4/c1-10-6-12(8-15)7-14(17-10)18-11(2)13-4-3-5-16-9-13/h3-7,9,11H,1-2H3,(H,17,18). The predicted octanol–water partition coefficient (Wildman–Crippen LogP) is 2.83. The zero-order valence-corrected chi connectivity index (χ0v) is 10.4. The molecule has 0 aliphatic heterocycles. The minimum atomic E-state index is 0.0968. The minimum Gasteiger partial charge on any atom is -0.363 e. The molecule has 90 valence electrons. The highest BCUT2D eigenvalue weighted by Gasteiger charge is 2.07. The molecule has 0 aliphatic carbocycles. The molecule has 0 aliphatic rings. The fourth-order valence-corrected chi connectivity index (χ4v) is 1.74. The zero-order chi connectivity index (χ0) is 13.0. The molecule has 1 atom stereocenters. The normalized spacial score (nSPS) is 11.6. The van der Waals surface area contributed by atoms with Gasteiger partial charge in [-0.05, 0) is 37.6 Å². The van der Waals surface area contributed by atoms with Crippen molar-refractivity contribution in [3.8, 4) is 6.07 Å². The number of nitrogens with zero attached hydrogens (tertiary/aromatic N) is 3. The number of nitriles is 1. The summed E-state index contributed by atoms with van der Waals surface area (Å²) in [5.41, 5.74) is 2.53. The van der Waals surface area contributed by atoms with Gasteiger partial charge in [-0.3, -0.25) is 4.98 Å². The van der Waals surface area contributed by atoms with Gasteiger partial charge in [-0.1, -0.05) is 6.07 Å². The van der Waals surface area contributed by atoms with E-state index in [4.69, 9.17) is 5.26 Å². The van der Waals surface area contributed by atoms with Crippen molar-refractivity contribution in [2.45, 2.75) is 19.9 Å². The second kappa shape index (κ2) is 5.28. The average Bonchev–Trinajstić information content (AvgIpc) is 2.39. The molecule has 0 saturated carbocycles. The summed E-state index contributed by atoms with van der Waals surface area (Å²) in [6, 6.07) is 9.65. The third-order valence-electron chi connectivity index (χ3n) is 2.63. The number of rotatable bonds is 3. The zero-order valence-electron chi connectivity index (χ0n) is 10.4. The Morgan fingerprint density at radius 2 is 2.22 bits per heavy atom. The molecule has 4 heteroatoms. The van der Waals surface area contributed by atoms with Crippen LogP contribution in [0.4, 0.5) is 5.82 Å². The Balaban J connectivity index is 2.20. The largest absolute Gasteiger partial charge is 0.363 e. The summed E-state index contributed by atoms with van der Waals surface area (Å²) in [5.74, 6) is 0.711. The molecule has 0 radical (unpaired) electrons. The van der Waals surface area contributed by atoms with Gasteiger partial charge in [0.25, 0.3) is 0 Å². The van der Waals surface area contributed by atoms with Gasteiger partial charge in [0.05, 0.1) is 17.7 Å². The summed E-state index contributed by atoms with van der Waals surface area (Å²) < 4.78 is 0. The number of hydrogen-bond acceptors (Lipinski definition) is 4. The average molecular weight is 238 g/mol. The van der Waals surface area contributed by atoms with E-state index < -0.39 is 0 Å². The summed E-state index contributed by atoms with van der Waals surface area (Å²) >= 11 is 0. The monoisotopic (exact) mass is 238 g/mol. The van der Waals surface area contributed by atoms with Crippen LogP contribution in [0.25, 0.3) is 0 Å². The topological polar surface area (TPSA) is 61.6 Å². The number of aromatic nitrogens is 2. The van der Waals surface area contributed by atoms with Crippen LogP contribution in [0.5, 0.6) is 0 Å². The first kappa shape index (κ1) is 12.1. The maximum Gasteiger partial charge on any atom is 0.127 e. The molecule has 0 fully saturated rings. The molecule has 2 aromatic heterocycles. The summed E-state index contributed by atoms with van der Waals surface area (Å²) in [4.78, 5) is 8.45. The second-order valence-electron chi connectivity index (χ2n) is 4.15. The van der Waals surface area contributed by atoms with Gasteiger partial charge in [0.15, 0.2) is 0 Å². The maximum absolute atomic E-state index is 8.92. The Kier molecular flexibility index (Phi) is 3.54. The molecule has 2 aromatic rings. The van der Waals surface area contributed by atoms with Crippen molar-refractivity contribution < 1.29 is 0 Å². The van der Waals surface area contributed by atoms with E-state index in [0.29, 0.717) is 11.4 Å². The lowest BCUT2D eigenvalue weighted by Crippen LogP contribution is -2.08. The molecule has 4 nitrogen and oxygen atoms in total. The molecule has 0 amide bonds. The Bertz CT molecular complexity index is 572. The molecule has 0 bridgehead atoms. The van der Waals surface area contributed by atoms with E-state index in [1.54, 1.807) is 18.3 Å². The highest BCUT2D eigenvalue weighted by atomic mass is 15.0. The number of anilines is 1. The van der Waals surface area contributed by atoms with Gasteiger partial charge in [0.1, 0.15) is 5.82 Å². The van der Waals surface area contributed by atoms with Gasteiger partial charge in [0.2, 0.25) is 0 Å². The molecule has 2 rings (SSSR count). The quantitative estimate of drug-likeness (QED) is 0.893. The van der Waals surface area contributed by atoms with E-state index in [1.807, 2.05) is 32.2 Å². The van der Waals surface area contributed by atoms with Crippen molar-refractivity contribution in [2.24, 2.45) is 0 Å². The van der Waals surface area contributed by atoms with Gasteiger partial charge in [-0.2, -0.15) is 5.26 Å². The van der Waals surface area contributed by atoms with Gasteiger partial charge in [-0.25, -0.2) is 4.98 Å². The van der Waals surface area contributed by atoms with Crippen LogP contribution in [0, 0.1) is 18.3 Å². The van der Waals surface area contributed by atoms with Gasteiger partial charge in [-0.15, -0.1) is 0 Å². The van der Waals surface area contributed by atoms with Crippen LogP contribution in [-0.4, -0.2) is 9.97 Å². The van der Waals surface area contributed by atoms with Crippen molar-refractivity contribution >= 4 is 5.82 Å². The Hall–Kier alpha value is -2.41. The van der Waals surface area contributed by atoms with E-state index in [0.717, 1.165) is 11.3 Å². The van der Waals surface area contributed by atoms with Crippen LogP contribution in [0.3, 0.4) is 0 Å². The third kappa shape index (κ3) is 2.83. The Morgan fingerprint density at radius 1 is 1.39 bits per heavy atom. The lowest BCUT2D eigenvalue weighted by molar-refractivity contribution is 0.864. The highest BCUT2D eigenvalue weighted by Crippen LogP contribution is 2.18. The third-order valence-corrected chi connectivity index (χ3v) is 2.63. The number of hydrogen-bond donors (Lipinski definition) is 1. The molecular formula is C14H14N4.